The fraction of sp³-hybridized carbons (Fsp3) is 0.533. The van der Waals surface area contributed by atoms with E-state index in [1.165, 1.54) is 18.5 Å². The first kappa shape index (κ1) is 17.6. The highest BCUT2D eigenvalue weighted by Gasteiger charge is 2.29. The van der Waals surface area contributed by atoms with Crippen LogP contribution in [-0.2, 0) is 10.0 Å². The van der Waals surface area contributed by atoms with Crippen molar-refractivity contribution in [1.29, 1.82) is 0 Å². The van der Waals surface area contributed by atoms with Crippen molar-refractivity contribution < 1.29 is 22.7 Å². The highest BCUT2D eigenvalue weighted by molar-refractivity contribution is 7.89. The van der Waals surface area contributed by atoms with Crippen molar-refractivity contribution in [3.63, 3.8) is 0 Å². The summed E-state index contributed by atoms with van der Waals surface area (Å²) in [5.74, 6) is 0.931. The maximum absolute atomic E-state index is 12.7. The number of methoxy groups -OCH3 is 2. The number of hydrogen-bond donors (Lipinski definition) is 0. The second-order valence-electron chi connectivity index (χ2n) is 5.16. The molecule has 0 unspecified atom stereocenters. The van der Waals surface area contributed by atoms with Crippen LogP contribution in [0.1, 0.15) is 17.3 Å². The monoisotopic (exact) mass is 342 g/mol. The van der Waals surface area contributed by atoms with Crippen LogP contribution in [0, 0.1) is 0 Å². The van der Waals surface area contributed by atoms with Crippen LogP contribution in [0.2, 0.25) is 0 Å². The van der Waals surface area contributed by atoms with Gasteiger partial charge in [-0.25, -0.2) is 8.42 Å². The topological polar surface area (TPSA) is 76.2 Å². The molecule has 1 aromatic carbocycles. The van der Waals surface area contributed by atoms with E-state index in [-0.39, 0.29) is 11.7 Å². The van der Waals surface area contributed by atoms with Gasteiger partial charge in [-0.1, -0.05) is 0 Å². The second-order valence-corrected chi connectivity index (χ2v) is 7.42. The van der Waals surface area contributed by atoms with Gasteiger partial charge in [-0.05, 0) is 25.1 Å². The smallest absolute Gasteiger partial charge is 0.257 e. The molecule has 0 aliphatic carbocycles. The summed E-state index contributed by atoms with van der Waals surface area (Å²) in [7, 11) is -0.171. The van der Waals surface area contributed by atoms with Gasteiger partial charge in [0.05, 0.1) is 25.5 Å². The molecule has 8 heteroatoms. The third-order valence-corrected chi connectivity index (χ3v) is 5.80. The zero-order valence-corrected chi connectivity index (χ0v) is 14.4. The number of benzene rings is 1. The van der Waals surface area contributed by atoms with Crippen molar-refractivity contribution in [2.45, 2.75) is 6.92 Å². The van der Waals surface area contributed by atoms with Crippen LogP contribution in [0.4, 0.5) is 0 Å². The Hall–Kier alpha value is -1.80. The van der Waals surface area contributed by atoms with Crippen LogP contribution in [0.15, 0.2) is 18.2 Å². The molecular formula is C15H22N2O5S. The molecule has 0 saturated carbocycles. The number of piperazine rings is 1. The largest absolute Gasteiger partial charge is 0.497 e. The summed E-state index contributed by atoms with van der Waals surface area (Å²) in [5, 5.41) is 0. The van der Waals surface area contributed by atoms with Crippen LogP contribution < -0.4 is 9.47 Å². The Morgan fingerprint density at radius 1 is 1.13 bits per heavy atom. The minimum Gasteiger partial charge on any atom is -0.497 e. The lowest BCUT2D eigenvalue weighted by Gasteiger charge is -2.34. The Morgan fingerprint density at radius 3 is 2.30 bits per heavy atom. The predicted molar refractivity (Wildman–Crippen MR) is 86.5 cm³/mol. The van der Waals surface area contributed by atoms with Gasteiger partial charge in [0.25, 0.3) is 5.91 Å². The molecule has 1 amide bonds. The number of carbonyl (C=O) groups excluding carboxylic acids is 1. The Kier molecular flexibility index (Phi) is 5.48. The summed E-state index contributed by atoms with van der Waals surface area (Å²) in [6.45, 7) is 2.97. The van der Waals surface area contributed by atoms with Crippen molar-refractivity contribution in [2.24, 2.45) is 0 Å². The van der Waals surface area contributed by atoms with Gasteiger partial charge in [-0.2, -0.15) is 4.31 Å². The highest BCUT2D eigenvalue weighted by Crippen LogP contribution is 2.25. The van der Waals surface area contributed by atoms with Crippen LogP contribution in [-0.4, -0.2) is 69.7 Å². The van der Waals surface area contributed by atoms with Gasteiger partial charge in [0.2, 0.25) is 10.0 Å². The minimum absolute atomic E-state index is 0.0741. The van der Waals surface area contributed by atoms with E-state index in [4.69, 9.17) is 9.47 Å². The molecule has 2 rings (SSSR count). The summed E-state index contributed by atoms with van der Waals surface area (Å²) < 4.78 is 35.6. The number of nitrogens with zero attached hydrogens (tertiary/aromatic N) is 2. The van der Waals surface area contributed by atoms with E-state index in [0.717, 1.165) is 0 Å². The second kappa shape index (κ2) is 7.18. The number of hydrogen-bond acceptors (Lipinski definition) is 5. The fourth-order valence-electron chi connectivity index (χ4n) is 2.50. The molecule has 0 atom stereocenters. The van der Waals surface area contributed by atoms with Gasteiger partial charge < -0.3 is 14.4 Å². The molecule has 7 nitrogen and oxygen atoms in total. The Bertz CT molecular complexity index is 666. The van der Waals surface area contributed by atoms with Gasteiger partial charge in [0.1, 0.15) is 11.5 Å². The molecule has 0 bridgehead atoms. The summed E-state index contributed by atoms with van der Waals surface area (Å²) in [6.07, 6.45) is 0. The van der Waals surface area contributed by atoms with Crippen molar-refractivity contribution in [2.75, 3.05) is 46.2 Å². The lowest BCUT2D eigenvalue weighted by atomic mass is 10.1. The average Bonchev–Trinajstić information content (AvgIpc) is 2.60. The van der Waals surface area contributed by atoms with Gasteiger partial charge in [-0.3, -0.25) is 4.79 Å². The maximum Gasteiger partial charge on any atom is 0.257 e. The van der Waals surface area contributed by atoms with Crippen molar-refractivity contribution in [3.05, 3.63) is 23.8 Å². The normalized spacial score (nSPS) is 16.2. The minimum atomic E-state index is -3.21. The van der Waals surface area contributed by atoms with Crippen LogP contribution in [0.25, 0.3) is 0 Å². The van der Waals surface area contributed by atoms with Crippen molar-refractivity contribution >= 4 is 15.9 Å². The third-order valence-electron chi connectivity index (χ3n) is 3.92. The van der Waals surface area contributed by atoms with E-state index in [2.05, 4.69) is 0 Å². The number of carbonyl (C=O) groups is 1. The highest BCUT2D eigenvalue weighted by atomic mass is 32.2. The number of ether oxygens (including phenoxy) is 2. The molecule has 23 heavy (non-hydrogen) atoms. The Balaban J connectivity index is 2.14. The van der Waals surface area contributed by atoms with Gasteiger partial charge in [0.15, 0.2) is 0 Å². The van der Waals surface area contributed by atoms with E-state index < -0.39 is 10.0 Å². The van der Waals surface area contributed by atoms with Crippen molar-refractivity contribution in [1.82, 2.24) is 9.21 Å². The molecule has 1 heterocycles. The van der Waals surface area contributed by atoms with E-state index >= 15 is 0 Å². The van der Waals surface area contributed by atoms with Crippen molar-refractivity contribution in [3.8, 4) is 11.5 Å². The van der Waals surface area contributed by atoms with Gasteiger partial charge in [-0.15, -0.1) is 0 Å². The molecule has 128 valence electrons. The molecule has 0 N–H and O–H groups in total. The standard InChI is InChI=1S/C15H22N2O5S/c1-4-23(19,20)17-9-7-16(8-10-17)15(18)13-11-12(21-2)5-6-14(13)22-3/h5-6,11H,4,7-10H2,1-3H3. The molecule has 1 fully saturated rings. The van der Waals surface area contributed by atoms with E-state index in [0.29, 0.717) is 43.2 Å². The first-order valence-corrected chi connectivity index (χ1v) is 9.03. The Morgan fingerprint density at radius 2 is 1.78 bits per heavy atom. The fourth-order valence-corrected chi connectivity index (χ4v) is 3.59. The summed E-state index contributed by atoms with van der Waals surface area (Å²) in [5.41, 5.74) is 0.415. The SMILES string of the molecule is CCS(=O)(=O)N1CCN(C(=O)c2cc(OC)ccc2OC)CC1. The molecule has 0 radical (unpaired) electrons. The van der Waals surface area contributed by atoms with Gasteiger partial charge in [0, 0.05) is 26.2 Å². The van der Waals surface area contributed by atoms with E-state index in [9.17, 15) is 13.2 Å². The van der Waals surface area contributed by atoms with Crippen LogP contribution in [0.3, 0.4) is 0 Å². The lowest BCUT2D eigenvalue weighted by Crippen LogP contribution is -2.50. The van der Waals surface area contributed by atoms with E-state index in [1.54, 1.807) is 30.0 Å². The lowest BCUT2D eigenvalue weighted by molar-refractivity contribution is 0.0694. The molecule has 1 aliphatic heterocycles. The number of rotatable bonds is 5. The quantitative estimate of drug-likeness (QED) is 0.791. The first-order valence-electron chi connectivity index (χ1n) is 7.42. The average molecular weight is 342 g/mol. The van der Waals surface area contributed by atoms with E-state index in [1.807, 2.05) is 0 Å². The summed E-state index contributed by atoms with van der Waals surface area (Å²) in [4.78, 5) is 14.3. The molecule has 0 aromatic heterocycles. The zero-order chi connectivity index (χ0) is 17.0. The first-order chi connectivity index (χ1) is 10.9. The Labute approximate surface area is 136 Å². The summed E-state index contributed by atoms with van der Waals surface area (Å²) in [6, 6.07) is 5.04. The molecule has 1 aromatic rings. The number of sulfonamides is 1. The van der Waals surface area contributed by atoms with Crippen LogP contribution >= 0.6 is 0 Å². The molecule has 1 aliphatic rings. The number of amides is 1. The maximum atomic E-state index is 12.7. The van der Waals surface area contributed by atoms with Crippen LogP contribution in [0.5, 0.6) is 11.5 Å². The molecular weight excluding hydrogens is 320 g/mol. The molecule has 0 spiro atoms. The third kappa shape index (κ3) is 3.76. The summed E-state index contributed by atoms with van der Waals surface area (Å²) >= 11 is 0. The molecule has 1 saturated heterocycles. The zero-order valence-electron chi connectivity index (χ0n) is 13.6. The predicted octanol–water partition coefficient (Wildman–Crippen LogP) is 0.811. The van der Waals surface area contributed by atoms with Gasteiger partial charge >= 0.3 is 0 Å².